The maximum atomic E-state index is 3.55. The first kappa shape index (κ1) is 15.0. The Balaban J connectivity index is 1.83. The van der Waals surface area contributed by atoms with Crippen molar-refractivity contribution in [1.82, 2.24) is 10.2 Å². The molecule has 1 unspecified atom stereocenters. The second-order valence-corrected chi connectivity index (χ2v) is 8.22. The molecule has 1 N–H and O–H groups in total. The summed E-state index contributed by atoms with van der Waals surface area (Å²) in [7, 11) is 2.26. The third kappa shape index (κ3) is 4.90. The molecule has 19 heavy (non-hydrogen) atoms. The first-order valence-corrected chi connectivity index (χ1v) is 8.19. The Morgan fingerprint density at radius 2 is 1.95 bits per heavy atom. The van der Waals surface area contributed by atoms with Gasteiger partial charge in [0.1, 0.15) is 0 Å². The number of hydrogen-bond donors (Lipinski definition) is 1. The number of nitrogens with one attached hydrogen (secondary N) is 1. The Hall–Kier alpha value is -0.380. The molecule has 0 spiro atoms. The van der Waals surface area contributed by atoms with Crippen molar-refractivity contribution in [2.75, 3.05) is 7.05 Å². The molecule has 1 saturated carbocycles. The Labute approximate surface area is 122 Å². The predicted molar refractivity (Wildman–Crippen MR) is 84.6 cm³/mol. The first-order chi connectivity index (χ1) is 8.85. The number of hydrogen-bond acceptors (Lipinski definition) is 3. The Morgan fingerprint density at radius 3 is 2.53 bits per heavy atom. The van der Waals surface area contributed by atoms with E-state index in [1.54, 1.807) is 0 Å². The molecule has 0 radical (unpaired) electrons. The molecule has 0 amide bonds. The van der Waals surface area contributed by atoms with E-state index in [0.29, 0.717) is 0 Å². The molecular formula is C16H28N2S. The Bertz CT molecular complexity index is 401. The fourth-order valence-corrected chi connectivity index (χ4v) is 3.30. The van der Waals surface area contributed by atoms with Crippen LogP contribution in [0.1, 0.15) is 50.3 Å². The molecule has 1 aliphatic rings. The van der Waals surface area contributed by atoms with Crippen LogP contribution >= 0.6 is 11.3 Å². The van der Waals surface area contributed by atoms with Gasteiger partial charge in [-0.25, -0.2) is 0 Å². The SMILES string of the molecule is CC(C1CC1)N(C)Cc1ccc(CNC(C)(C)C)s1. The zero-order valence-corrected chi connectivity index (χ0v) is 13.8. The van der Waals surface area contributed by atoms with Crippen molar-refractivity contribution in [2.24, 2.45) is 5.92 Å². The Morgan fingerprint density at radius 1 is 1.32 bits per heavy atom. The van der Waals surface area contributed by atoms with E-state index in [0.717, 1.165) is 25.0 Å². The molecule has 3 heteroatoms. The highest BCUT2D eigenvalue weighted by Gasteiger charge is 2.30. The zero-order chi connectivity index (χ0) is 14.0. The van der Waals surface area contributed by atoms with Gasteiger partial charge in [-0.05, 0) is 65.6 Å². The van der Waals surface area contributed by atoms with E-state index in [1.165, 1.54) is 22.6 Å². The van der Waals surface area contributed by atoms with Crippen molar-refractivity contribution < 1.29 is 0 Å². The highest BCUT2D eigenvalue weighted by molar-refractivity contribution is 7.11. The largest absolute Gasteiger partial charge is 0.307 e. The van der Waals surface area contributed by atoms with Gasteiger partial charge in [0, 0.05) is 34.4 Å². The Kier molecular flexibility index (Phi) is 4.70. The molecule has 0 aliphatic heterocycles. The van der Waals surface area contributed by atoms with Gasteiger partial charge >= 0.3 is 0 Å². The van der Waals surface area contributed by atoms with Gasteiger partial charge in [0.05, 0.1) is 0 Å². The fourth-order valence-electron chi connectivity index (χ4n) is 2.28. The summed E-state index contributed by atoms with van der Waals surface area (Å²) in [6, 6.07) is 5.30. The molecule has 0 saturated heterocycles. The van der Waals surface area contributed by atoms with E-state index in [1.807, 2.05) is 11.3 Å². The lowest BCUT2D eigenvalue weighted by molar-refractivity contribution is 0.228. The minimum absolute atomic E-state index is 0.196. The molecular weight excluding hydrogens is 252 g/mol. The van der Waals surface area contributed by atoms with Crippen LogP contribution in [0.25, 0.3) is 0 Å². The van der Waals surface area contributed by atoms with Gasteiger partial charge < -0.3 is 5.32 Å². The standard InChI is InChI=1S/C16H28N2S/c1-12(13-6-7-13)18(5)11-15-9-8-14(19-15)10-17-16(2,3)4/h8-9,12-13,17H,6-7,10-11H2,1-5H3. The minimum Gasteiger partial charge on any atom is -0.307 e. The summed E-state index contributed by atoms with van der Waals surface area (Å²) in [6.45, 7) is 11.1. The summed E-state index contributed by atoms with van der Waals surface area (Å²) in [6.07, 6.45) is 2.85. The molecule has 1 atom stereocenters. The van der Waals surface area contributed by atoms with Gasteiger partial charge in [-0.15, -0.1) is 11.3 Å². The van der Waals surface area contributed by atoms with E-state index in [2.05, 4.69) is 57.1 Å². The second kappa shape index (κ2) is 5.94. The van der Waals surface area contributed by atoms with Crippen molar-refractivity contribution in [3.05, 3.63) is 21.9 Å². The van der Waals surface area contributed by atoms with Crippen LogP contribution < -0.4 is 5.32 Å². The quantitative estimate of drug-likeness (QED) is 0.851. The van der Waals surface area contributed by atoms with Gasteiger partial charge in [-0.3, -0.25) is 4.90 Å². The van der Waals surface area contributed by atoms with Crippen molar-refractivity contribution >= 4 is 11.3 Å². The van der Waals surface area contributed by atoms with E-state index >= 15 is 0 Å². The molecule has 0 bridgehead atoms. The maximum absolute atomic E-state index is 3.55. The topological polar surface area (TPSA) is 15.3 Å². The lowest BCUT2D eigenvalue weighted by Gasteiger charge is -2.23. The van der Waals surface area contributed by atoms with Crippen LogP contribution in [-0.2, 0) is 13.1 Å². The van der Waals surface area contributed by atoms with E-state index < -0.39 is 0 Å². The average Bonchev–Trinajstić information content (AvgIpc) is 3.06. The van der Waals surface area contributed by atoms with E-state index in [9.17, 15) is 0 Å². The molecule has 2 nitrogen and oxygen atoms in total. The van der Waals surface area contributed by atoms with Gasteiger partial charge in [-0.2, -0.15) is 0 Å². The second-order valence-electron chi connectivity index (χ2n) is 6.96. The normalized spacial score (nSPS) is 18.0. The lowest BCUT2D eigenvalue weighted by Crippen LogP contribution is -2.34. The van der Waals surface area contributed by atoms with Gasteiger partial charge in [0.15, 0.2) is 0 Å². The van der Waals surface area contributed by atoms with Crippen LogP contribution in [0.3, 0.4) is 0 Å². The fraction of sp³-hybridized carbons (Fsp3) is 0.750. The first-order valence-electron chi connectivity index (χ1n) is 7.38. The van der Waals surface area contributed by atoms with Crippen molar-refractivity contribution in [1.29, 1.82) is 0 Å². The number of nitrogens with zero attached hydrogens (tertiary/aromatic N) is 1. The minimum atomic E-state index is 0.196. The molecule has 108 valence electrons. The number of rotatable bonds is 6. The smallest absolute Gasteiger partial charge is 0.0327 e. The third-order valence-corrected chi connectivity index (χ3v) is 4.98. The molecule has 0 aromatic carbocycles. The maximum Gasteiger partial charge on any atom is 0.0327 e. The average molecular weight is 280 g/mol. The summed E-state index contributed by atoms with van der Waals surface area (Å²) in [4.78, 5) is 5.43. The molecule has 1 heterocycles. The van der Waals surface area contributed by atoms with E-state index in [4.69, 9.17) is 0 Å². The predicted octanol–water partition coefficient (Wildman–Crippen LogP) is 3.87. The summed E-state index contributed by atoms with van der Waals surface area (Å²) in [5.41, 5.74) is 0.196. The van der Waals surface area contributed by atoms with Crippen LogP contribution in [0.5, 0.6) is 0 Å². The lowest BCUT2D eigenvalue weighted by atomic mass is 10.1. The van der Waals surface area contributed by atoms with E-state index in [-0.39, 0.29) is 5.54 Å². The molecule has 1 aromatic heterocycles. The highest BCUT2D eigenvalue weighted by atomic mass is 32.1. The van der Waals surface area contributed by atoms with Crippen LogP contribution in [0.4, 0.5) is 0 Å². The van der Waals surface area contributed by atoms with Crippen molar-refractivity contribution in [2.45, 2.75) is 65.2 Å². The molecule has 2 rings (SSSR count). The van der Waals surface area contributed by atoms with Crippen molar-refractivity contribution in [3.63, 3.8) is 0 Å². The highest BCUT2D eigenvalue weighted by Crippen LogP contribution is 2.35. The molecule has 1 fully saturated rings. The summed E-state index contributed by atoms with van der Waals surface area (Å²) >= 11 is 1.95. The van der Waals surface area contributed by atoms with Crippen LogP contribution in [0.2, 0.25) is 0 Å². The van der Waals surface area contributed by atoms with Crippen LogP contribution in [0, 0.1) is 5.92 Å². The molecule has 1 aromatic rings. The van der Waals surface area contributed by atoms with Crippen LogP contribution in [-0.4, -0.2) is 23.5 Å². The summed E-state index contributed by atoms with van der Waals surface area (Å²) in [5.74, 6) is 0.951. The van der Waals surface area contributed by atoms with Crippen molar-refractivity contribution in [3.8, 4) is 0 Å². The van der Waals surface area contributed by atoms with Gasteiger partial charge in [0.2, 0.25) is 0 Å². The van der Waals surface area contributed by atoms with Crippen LogP contribution in [0.15, 0.2) is 12.1 Å². The zero-order valence-electron chi connectivity index (χ0n) is 13.0. The summed E-state index contributed by atoms with van der Waals surface area (Å²) < 4.78 is 0. The third-order valence-electron chi connectivity index (χ3n) is 3.91. The summed E-state index contributed by atoms with van der Waals surface area (Å²) in [5, 5.41) is 3.55. The van der Waals surface area contributed by atoms with Gasteiger partial charge in [-0.1, -0.05) is 0 Å². The number of thiophene rings is 1. The monoisotopic (exact) mass is 280 g/mol. The molecule has 1 aliphatic carbocycles. The van der Waals surface area contributed by atoms with Gasteiger partial charge in [0.25, 0.3) is 0 Å².